The second kappa shape index (κ2) is 8.29. The molecular weight excluding hydrogens is 292 g/mol. The number of hydrogen-bond acceptors (Lipinski definition) is 4. The predicted molar refractivity (Wildman–Crippen MR) is 79.3 cm³/mol. The number of alkyl halides is 2. The van der Waals surface area contributed by atoms with E-state index in [0.717, 1.165) is 25.9 Å². The highest BCUT2D eigenvalue weighted by atomic mass is 19.3. The van der Waals surface area contributed by atoms with E-state index in [1.54, 1.807) is 25.1 Å². The number of aliphatic hydroxyl groups is 1. The summed E-state index contributed by atoms with van der Waals surface area (Å²) in [5, 5.41) is 9.17. The van der Waals surface area contributed by atoms with Crippen molar-refractivity contribution in [3.05, 3.63) is 23.8 Å². The molecule has 1 aliphatic rings. The number of hydrogen-bond donors (Lipinski definition) is 1. The number of aliphatic hydroxyl groups excluding tert-OH is 1. The Morgan fingerprint density at radius 1 is 1.32 bits per heavy atom. The van der Waals surface area contributed by atoms with Crippen molar-refractivity contribution in [1.82, 2.24) is 4.90 Å². The minimum absolute atomic E-state index is 0.128. The fraction of sp³-hybridized carbons (Fsp3) is 0.625. The van der Waals surface area contributed by atoms with Crippen molar-refractivity contribution < 1.29 is 23.4 Å². The number of rotatable bonds is 7. The van der Waals surface area contributed by atoms with E-state index in [0.29, 0.717) is 30.4 Å². The molecule has 4 nitrogen and oxygen atoms in total. The maximum atomic E-state index is 12.7. The van der Waals surface area contributed by atoms with Crippen LogP contribution in [0.2, 0.25) is 0 Å². The van der Waals surface area contributed by atoms with Crippen molar-refractivity contribution in [3.63, 3.8) is 0 Å². The highest BCUT2D eigenvalue weighted by Gasteiger charge is 2.21. The van der Waals surface area contributed by atoms with E-state index in [1.807, 2.05) is 0 Å². The summed E-state index contributed by atoms with van der Waals surface area (Å²) >= 11 is 0. The molecule has 0 unspecified atom stereocenters. The molecule has 1 heterocycles. The Balaban J connectivity index is 2.10. The largest absolute Gasteiger partial charge is 0.490 e. The van der Waals surface area contributed by atoms with Crippen LogP contribution < -0.4 is 9.47 Å². The number of benzene rings is 1. The zero-order valence-electron chi connectivity index (χ0n) is 12.8. The average Bonchev–Trinajstić information content (AvgIpc) is 2.51. The molecule has 0 spiro atoms. The fourth-order valence-electron chi connectivity index (χ4n) is 2.75. The lowest BCUT2D eigenvalue weighted by atomic mass is 9.97. The van der Waals surface area contributed by atoms with E-state index in [2.05, 4.69) is 9.64 Å². The van der Waals surface area contributed by atoms with Crippen LogP contribution in [0.25, 0.3) is 0 Å². The molecule has 22 heavy (non-hydrogen) atoms. The number of piperidine rings is 1. The molecule has 0 atom stereocenters. The van der Waals surface area contributed by atoms with Crippen LogP contribution in [0.4, 0.5) is 8.78 Å². The number of para-hydroxylation sites is 1. The molecule has 0 radical (unpaired) electrons. The minimum atomic E-state index is -2.87. The molecule has 6 heteroatoms. The quantitative estimate of drug-likeness (QED) is 0.840. The smallest absolute Gasteiger partial charge is 0.387 e. The van der Waals surface area contributed by atoms with Gasteiger partial charge in [-0.05, 0) is 44.8 Å². The number of halogens is 2. The molecule has 1 fully saturated rings. The third kappa shape index (κ3) is 4.55. The summed E-state index contributed by atoms with van der Waals surface area (Å²) in [6.07, 6.45) is 1.85. The second-order valence-electron chi connectivity index (χ2n) is 5.46. The third-order valence-corrected chi connectivity index (χ3v) is 3.93. The Morgan fingerprint density at radius 2 is 2.05 bits per heavy atom. The maximum Gasteiger partial charge on any atom is 0.387 e. The van der Waals surface area contributed by atoms with Gasteiger partial charge in [0.2, 0.25) is 0 Å². The van der Waals surface area contributed by atoms with Crippen LogP contribution in [0.3, 0.4) is 0 Å². The first-order chi connectivity index (χ1) is 10.6. The lowest BCUT2D eigenvalue weighted by Gasteiger charge is -2.31. The molecule has 0 aliphatic carbocycles. The first-order valence-corrected chi connectivity index (χ1v) is 7.66. The Labute approximate surface area is 129 Å². The summed E-state index contributed by atoms with van der Waals surface area (Å²) in [5.74, 6) is 0.831. The van der Waals surface area contributed by atoms with Gasteiger partial charge in [0.15, 0.2) is 11.5 Å². The lowest BCUT2D eigenvalue weighted by Crippen LogP contribution is -2.34. The molecule has 124 valence electrons. The van der Waals surface area contributed by atoms with Gasteiger partial charge < -0.3 is 14.6 Å². The highest BCUT2D eigenvalue weighted by Crippen LogP contribution is 2.34. The monoisotopic (exact) mass is 315 g/mol. The standard InChI is InChI=1S/C16H23F2NO3/c1-2-21-14-5-3-4-13(15(14)22-16(17)18)10-19-8-6-12(11-20)7-9-19/h3-5,12,16,20H,2,6-11H2,1H3. The van der Waals surface area contributed by atoms with Crippen LogP contribution in [-0.4, -0.2) is 42.9 Å². The normalized spacial score (nSPS) is 17.0. The predicted octanol–water partition coefficient (Wildman–Crippen LogP) is 2.89. The van der Waals surface area contributed by atoms with Gasteiger partial charge in [0.05, 0.1) is 6.61 Å². The number of likely N-dealkylation sites (tertiary alicyclic amines) is 1. The maximum absolute atomic E-state index is 12.7. The van der Waals surface area contributed by atoms with Crippen LogP contribution in [0.5, 0.6) is 11.5 Å². The van der Waals surface area contributed by atoms with Gasteiger partial charge in [0.1, 0.15) is 0 Å². The van der Waals surface area contributed by atoms with Crippen molar-refractivity contribution >= 4 is 0 Å². The molecule has 1 aliphatic heterocycles. The van der Waals surface area contributed by atoms with Crippen LogP contribution in [0.15, 0.2) is 18.2 Å². The zero-order chi connectivity index (χ0) is 15.9. The van der Waals surface area contributed by atoms with Crippen molar-refractivity contribution in [1.29, 1.82) is 0 Å². The van der Waals surface area contributed by atoms with Crippen LogP contribution in [0.1, 0.15) is 25.3 Å². The van der Waals surface area contributed by atoms with Crippen molar-refractivity contribution in [2.45, 2.75) is 32.9 Å². The molecule has 2 rings (SSSR count). The molecule has 0 amide bonds. The van der Waals surface area contributed by atoms with Gasteiger partial charge >= 0.3 is 6.61 Å². The summed E-state index contributed by atoms with van der Waals surface area (Å²) in [4.78, 5) is 2.19. The summed E-state index contributed by atoms with van der Waals surface area (Å²) in [7, 11) is 0. The zero-order valence-corrected chi connectivity index (χ0v) is 12.8. The molecular formula is C16H23F2NO3. The lowest BCUT2D eigenvalue weighted by molar-refractivity contribution is -0.0525. The van der Waals surface area contributed by atoms with Gasteiger partial charge in [0.25, 0.3) is 0 Å². The Bertz CT molecular complexity index is 463. The molecule has 1 aromatic rings. The molecule has 1 N–H and O–H groups in total. The summed E-state index contributed by atoms with van der Waals surface area (Å²) in [6.45, 7) is 1.77. The number of nitrogens with zero attached hydrogens (tertiary/aromatic N) is 1. The molecule has 1 saturated heterocycles. The average molecular weight is 315 g/mol. The summed E-state index contributed by atoms with van der Waals surface area (Å²) in [6, 6.07) is 5.22. The van der Waals surface area contributed by atoms with Crippen molar-refractivity contribution in [2.75, 3.05) is 26.3 Å². The highest BCUT2D eigenvalue weighted by molar-refractivity contribution is 5.46. The first kappa shape index (κ1) is 17.0. The third-order valence-electron chi connectivity index (χ3n) is 3.93. The van der Waals surface area contributed by atoms with E-state index in [-0.39, 0.29) is 12.4 Å². The van der Waals surface area contributed by atoms with E-state index in [1.165, 1.54) is 0 Å². The summed E-state index contributed by atoms with van der Waals surface area (Å²) < 4.78 is 35.4. The van der Waals surface area contributed by atoms with Crippen molar-refractivity contribution in [2.24, 2.45) is 5.92 Å². The van der Waals surface area contributed by atoms with Crippen LogP contribution >= 0.6 is 0 Å². The fourth-order valence-corrected chi connectivity index (χ4v) is 2.75. The number of ether oxygens (including phenoxy) is 2. The van der Waals surface area contributed by atoms with Crippen molar-refractivity contribution in [3.8, 4) is 11.5 Å². The SMILES string of the molecule is CCOc1cccc(CN2CCC(CO)CC2)c1OC(F)F. The van der Waals surface area contributed by atoms with Gasteiger partial charge in [-0.2, -0.15) is 8.78 Å². The Hall–Kier alpha value is -1.40. The van der Waals surface area contributed by atoms with Gasteiger partial charge in [-0.1, -0.05) is 12.1 Å². The second-order valence-corrected chi connectivity index (χ2v) is 5.46. The molecule has 0 bridgehead atoms. The van der Waals surface area contributed by atoms with E-state index in [9.17, 15) is 8.78 Å². The summed E-state index contributed by atoms with van der Waals surface area (Å²) in [5.41, 5.74) is 0.702. The van der Waals surface area contributed by atoms with Gasteiger partial charge in [-0.3, -0.25) is 4.90 Å². The van der Waals surface area contributed by atoms with Crippen LogP contribution in [0, 0.1) is 5.92 Å². The van der Waals surface area contributed by atoms with Crippen LogP contribution in [-0.2, 0) is 6.54 Å². The minimum Gasteiger partial charge on any atom is -0.490 e. The molecule has 0 saturated carbocycles. The molecule has 1 aromatic carbocycles. The Morgan fingerprint density at radius 3 is 2.64 bits per heavy atom. The molecule has 0 aromatic heterocycles. The van der Waals surface area contributed by atoms with E-state index < -0.39 is 6.61 Å². The topological polar surface area (TPSA) is 41.9 Å². The van der Waals surface area contributed by atoms with Gasteiger partial charge in [-0.25, -0.2) is 0 Å². The van der Waals surface area contributed by atoms with E-state index in [4.69, 9.17) is 9.84 Å². The first-order valence-electron chi connectivity index (χ1n) is 7.66. The van der Waals surface area contributed by atoms with E-state index >= 15 is 0 Å². The Kier molecular flexibility index (Phi) is 6.39. The van der Waals surface area contributed by atoms with Gasteiger partial charge in [0, 0.05) is 18.7 Å². The van der Waals surface area contributed by atoms with Gasteiger partial charge in [-0.15, -0.1) is 0 Å².